The SMILES string of the molecule is CCOC(=O)C[C@H](c1ccc([N+](=O)[O-])cc1)[C@H](NC(=O)Cc1c(F)cccc1F)C(N)=O. The van der Waals surface area contributed by atoms with E-state index < -0.39 is 58.3 Å². The largest absolute Gasteiger partial charge is 0.466 e. The molecule has 0 unspecified atom stereocenters. The summed E-state index contributed by atoms with van der Waals surface area (Å²) in [6.45, 7) is 1.64. The number of nitrogens with two attached hydrogens (primary N) is 1. The Hall–Kier alpha value is -3.89. The Morgan fingerprint density at radius 1 is 1.12 bits per heavy atom. The molecular formula is C21H21F2N3O6. The van der Waals surface area contributed by atoms with Gasteiger partial charge in [-0.1, -0.05) is 18.2 Å². The lowest BCUT2D eigenvalue weighted by Gasteiger charge is -2.25. The third-order valence-electron chi connectivity index (χ3n) is 4.65. The van der Waals surface area contributed by atoms with Gasteiger partial charge in [-0.3, -0.25) is 24.5 Å². The smallest absolute Gasteiger partial charge is 0.306 e. The highest BCUT2D eigenvalue weighted by atomic mass is 19.1. The number of non-ortho nitro benzene ring substituents is 1. The highest BCUT2D eigenvalue weighted by molar-refractivity contribution is 5.89. The highest BCUT2D eigenvalue weighted by Crippen LogP contribution is 2.27. The summed E-state index contributed by atoms with van der Waals surface area (Å²) in [6, 6.07) is 6.63. The average Bonchev–Trinajstić information content (AvgIpc) is 2.73. The number of nitro benzene ring substituents is 1. The third kappa shape index (κ3) is 6.30. The van der Waals surface area contributed by atoms with Crippen molar-refractivity contribution in [3.05, 3.63) is 75.3 Å². The van der Waals surface area contributed by atoms with Crippen LogP contribution in [-0.2, 0) is 25.5 Å². The van der Waals surface area contributed by atoms with Gasteiger partial charge in [-0.25, -0.2) is 8.78 Å². The second-order valence-electron chi connectivity index (χ2n) is 6.79. The lowest BCUT2D eigenvalue weighted by atomic mass is 9.87. The molecule has 0 aliphatic carbocycles. The Morgan fingerprint density at radius 3 is 2.22 bits per heavy atom. The van der Waals surface area contributed by atoms with Gasteiger partial charge in [0.25, 0.3) is 5.69 Å². The van der Waals surface area contributed by atoms with E-state index in [-0.39, 0.29) is 18.7 Å². The van der Waals surface area contributed by atoms with Crippen molar-refractivity contribution in [2.75, 3.05) is 6.61 Å². The lowest BCUT2D eigenvalue weighted by Crippen LogP contribution is -2.49. The number of nitrogens with one attached hydrogen (secondary N) is 1. The maximum Gasteiger partial charge on any atom is 0.306 e. The fourth-order valence-corrected chi connectivity index (χ4v) is 3.13. The minimum atomic E-state index is -1.46. The van der Waals surface area contributed by atoms with Crippen LogP contribution in [0.1, 0.15) is 30.4 Å². The first kappa shape index (κ1) is 24.4. The number of primary amides is 1. The van der Waals surface area contributed by atoms with E-state index in [9.17, 15) is 33.3 Å². The van der Waals surface area contributed by atoms with Gasteiger partial charge in [-0.05, 0) is 24.6 Å². The molecule has 2 aromatic carbocycles. The van der Waals surface area contributed by atoms with Crippen molar-refractivity contribution in [2.24, 2.45) is 5.73 Å². The quantitative estimate of drug-likeness (QED) is 0.323. The molecule has 2 aromatic rings. The zero-order valence-electron chi connectivity index (χ0n) is 17.0. The molecule has 2 rings (SSSR count). The van der Waals surface area contributed by atoms with Crippen LogP contribution in [0.25, 0.3) is 0 Å². The van der Waals surface area contributed by atoms with Crippen molar-refractivity contribution >= 4 is 23.5 Å². The molecule has 9 nitrogen and oxygen atoms in total. The zero-order valence-corrected chi connectivity index (χ0v) is 17.0. The Morgan fingerprint density at radius 2 is 1.72 bits per heavy atom. The molecule has 0 aliphatic heterocycles. The van der Waals surface area contributed by atoms with Crippen LogP contribution in [0.5, 0.6) is 0 Å². The number of amides is 2. The van der Waals surface area contributed by atoms with E-state index in [1.54, 1.807) is 6.92 Å². The van der Waals surface area contributed by atoms with Gasteiger partial charge in [0.1, 0.15) is 17.7 Å². The summed E-state index contributed by atoms with van der Waals surface area (Å²) in [5.41, 5.74) is 5.02. The summed E-state index contributed by atoms with van der Waals surface area (Å²) in [5, 5.41) is 13.2. The summed E-state index contributed by atoms with van der Waals surface area (Å²) >= 11 is 0. The van der Waals surface area contributed by atoms with E-state index >= 15 is 0 Å². The first-order chi connectivity index (χ1) is 15.1. The second kappa shape index (κ2) is 10.9. The highest BCUT2D eigenvalue weighted by Gasteiger charge is 2.32. The van der Waals surface area contributed by atoms with Crippen LogP contribution in [-0.4, -0.2) is 35.4 Å². The molecule has 170 valence electrons. The van der Waals surface area contributed by atoms with E-state index in [1.807, 2.05) is 0 Å². The summed E-state index contributed by atoms with van der Waals surface area (Å²) in [4.78, 5) is 47.0. The first-order valence-corrected chi connectivity index (χ1v) is 9.55. The van der Waals surface area contributed by atoms with E-state index in [0.717, 1.165) is 18.2 Å². The molecule has 0 aromatic heterocycles. The summed E-state index contributed by atoms with van der Waals surface area (Å²) in [6.07, 6.45) is -1.09. The van der Waals surface area contributed by atoms with Gasteiger partial charge in [-0.15, -0.1) is 0 Å². The lowest BCUT2D eigenvalue weighted by molar-refractivity contribution is -0.384. The monoisotopic (exact) mass is 449 g/mol. The van der Waals surface area contributed by atoms with E-state index in [4.69, 9.17) is 10.5 Å². The van der Waals surface area contributed by atoms with Gasteiger partial charge in [0.15, 0.2) is 0 Å². The van der Waals surface area contributed by atoms with Crippen molar-refractivity contribution in [1.82, 2.24) is 5.32 Å². The van der Waals surface area contributed by atoms with Crippen LogP contribution in [0.4, 0.5) is 14.5 Å². The third-order valence-corrected chi connectivity index (χ3v) is 4.65. The average molecular weight is 449 g/mol. The molecule has 0 bridgehead atoms. The number of rotatable bonds is 10. The molecule has 0 fully saturated rings. The fraction of sp³-hybridized carbons (Fsp3) is 0.286. The minimum Gasteiger partial charge on any atom is -0.466 e. The molecule has 2 atom stereocenters. The maximum absolute atomic E-state index is 13.9. The predicted molar refractivity (Wildman–Crippen MR) is 108 cm³/mol. The van der Waals surface area contributed by atoms with Gasteiger partial charge in [0.2, 0.25) is 11.8 Å². The van der Waals surface area contributed by atoms with Crippen molar-refractivity contribution in [1.29, 1.82) is 0 Å². The van der Waals surface area contributed by atoms with Gasteiger partial charge in [0, 0.05) is 23.6 Å². The molecule has 0 saturated heterocycles. The number of carbonyl (C=O) groups is 3. The molecule has 0 heterocycles. The summed E-state index contributed by atoms with van der Waals surface area (Å²) < 4.78 is 32.6. The Bertz CT molecular complexity index is 993. The van der Waals surface area contributed by atoms with Crippen molar-refractivity contribution in [3.8, 4) is 0 Å². The second-order valence-corrected chi connectivity index (χ2v) is 6.79. The molecule has 11 heteroatoms. The number of halogens is 2. The zero-order chi connectivity index (χ0) is 23.8. The van der Waals surface area contributed by atoms with Gasteiger partial charge < -0.3 is 15.8 Å². The fourth-order valence-electron chi connectivity index (χ4n) is 3.13. The topological polar surface area (TPSA) is 142 Å². The van der Waals surface area contributed by atoms with Crippen LogP contribution in [0.15, 0.2) is 42.5 Å². The van der Waals surface area contributed by atoms with E-state index in [1.165, 1.54) is 24.3 Å². The van der Waals surface area contributed by atoms with Gasteiger partial charge in [-0.2, -0.15) is 0 Å². The Kier molecular flexibility index (Phi) is 8.33. The number of nitro groups is 1. The maximum atomic E-state index is 13.9. The number of carbonyl (C=O) groups excluding carboxylic acids is 3. The molecule has 0 aliphatic rings. The van der Waals surface area contributed by atoms with Crippen LogP contribution in [0, 0.1) is 21.7 Å². The molecule has 0 spiro atoms. The van der Waals surface area contributed by atoms with Crippen molar-refractivity contribution in [2.45, 2.75) is 31.7 Å². The first-order valence-electron chi connectivity index (χ1n) is 9.55. The van der Waals surface area contributed by atoms with Crippen LogP contribution in [0.2, 0.25) is 0 Å². The minimum absolute atomic E-state index is 0.0615. The predicted octanol–water partition coefficient (Wildman–Crippen LogP) is 2.12. The van der Waals surface area contributed by atoms with Gasteiger partial charge in [0.05, 0.1) is 24.4 Å². The number of hydrogen-bond acceptors (Lipinski definition) is 6. The molecule has 3 N–H and O–H groups in total. The Labute approximate surface area is 181 Å². The number of nitrogens with zero attached hydrogens (tertiary/aromatic N) is 1. The normalized spacial score (nSPS) is 12.5. The standard InChI is InChI=1S/C21H21F2N3O6/c1-2-32-19(28)11-14(12-6-8-13(9-7-12)26(30)31)20(21(24)29)25-18(27)10-15-16(22)4-3-5-17(15)23/h3-9,14,20H,2,10-11H2,1H3,(H2,24,29)(H,25,27)/t14-,20+/m1/s1. The molecule has 0 saturated carbocycles. The van der Waals surface area contributed by atoms with Crippen LogP contribution in [0.3, 0.4) is 0 Å². The molecule has 0 radical (unpaired) electrons. The van der Waals surface area contributed by atoms with Crippen LogP contribution < -0.4 is 11.1 Å². The summed E-state index contributed by atoms with van der Waals surface area (Å²) in [5.74, 6) is -5.53. The number of benzene rings is 2. The summed E-state index contributed by atoms with van der Waals surface area (Å²) in [7, 11) is 0. The van der Waals surface area contributed by atoms with E-state index in [0.29, 0.717) is 5.56 Å². The molecular weight excluding hydrogens is 428 g/mol. The number of ether oxygens (including phenoxy) is 1. The van der Waals surface area contributed by atoms with Crippen molar-refractivity contribution < 1.29 is 32.8 Å². The van der Waals surface area contributed by atoms with E-state index in [2.05, 4.69) is 5.32 Å². The Balaban J connectivity index is 2.33. The molecule has 2 amide bonds. The van der Waals surface area contributed by atoms with Gasteiger partial charge >= 0.3 is 5.97 Å². The van der Waals surface area contributed by atoms with Crippen molar-refractivity contribution in [3.63, 3.8) is 0 Å². The number of hydrogen-bond donors (Lipinski definition) is 2. The number of esters is 1. The van der Waals surface area contributed by atoms with Crippen LogP contribution >= 0.6 is 0 Å². The molecule has 32 heavy (non-hydrogen) atoms.